The number of hydrogen-bond acceptors (Lipinski definition) is 7. The van der Waals surface area contributed by atoms with Gasteiger partial charge in [0, 0.05) is 11.6 Å². The molecule has 0 unspecified atom stereocenters. The topological polar surface area (TPSA) is 120 Å². The number of nitro benzene ring substituents is 1. The zero-order chi connectivity index (χ0) is 22.6. The number of methoxy groups -OCH3 is 1. The number of sulfonamides is 1. The molecule has 0 bridgehead atoms. The van der Waals surface area contributed by atoms with E-state index in [-0.39, 0.29) is 33.7 Å². The summed E-state index contributed by atoms with van der Waals surface area (Å²) in [6.07, 6.45) is 0.871. The molecular formula is C20H25N3O6S. The van der Waals surface area contributed by atoms with Gasteiger partial charge in [0.15, 0.2) is 5.75 Å². The van der Waals surface area contributed by atoms with Gasteiger partial charge in [0.05, 0.1) is 29.2 Å². The first kappa shape index (κ1) is 23.1. The molecule has 0 amide bonds. The zero-order valence-electron chi connectivity index (χ0n) is 17.7. The van der Waals surface area contributed by atoms with E-state index >= 15 is 0 Å². The molecule has 0 saturated carbocycles. The largest absolute Gasteiger partial charge is 0.493 e. The van der Waals surface area contributed by atoms with Crippen LogP contribution in [0.2, 0.25) is 0 Å². The van der Waals surface area contributed by atoms with E-state index < -0.39 is 14.9 Å². The van der Waals surface area contributed by atoms with Gasteiger partial charge in [-0.15, -0.1) is 0 Å². The van der Waals surface area contributed by atoms with Gasteiger partial charge in [0.1, 0.15) is 0 Å². The van der Waals surface area contributed by atoms with Crippen LogP contribution in [0.15, 0.2) is 34.3 Å². The van der Waals surface area contributed by atoms with Gasteiger partial charge in [0.25, 0.3) is 10.0 Å². The lowest BCUT2D eigenvalue weighted by Crippen LogP contribution is -2.20. The fourth-order valence-corrected chi connectivity index (χ4v) is 4.38. The van der Waals surface area contributed by atoms with Crippen molar-refractivity contribution in [2.45, 2.75) is 45.6 Å². The van der Waals surface area contributed by atoms with Crippen LogP contribution in [0.25, 0.3) is 0 Å². The van der Waals surface area contributed by atoms with Crippen LogP contribution in [0.4, 0.5) is 5.69 Å². The molecule has 9 nitrogen and oxygen atoms in total. The molecule has 2 aromatic rings. The monoisotopic (exact) mass is 435 g/mol. The van der Waals surface area contributed by atoms with E-state index in [1.165, 1.54) is 25.5 Å². The van der Waals surface area contributed by atoms with Crippen molar-refractivity contribution in [2.24, 2.45) is 5.10 Å². The maximum absolute atomic E-state index is 12.7. The Morgan fingerprint density at radius 2 is 1.73 bits per heavy atom. The van der Waals surface area contributed by atoms with Crippen LogP contribution in [0.1, 0.15) is 36.1 Å². The van der Waals surface area contributed by atoms with Crippen LogP contribution in [0, 0.1) is 30.9 Å². The van der Waals surface area contributed by atoms with E-state index in [4.69, 9.17) is 9.47 Å². The highest BCUT2D eigenvalue weighted by atomic mass is 32.2. The zero-order valence-corrected chi connectivity index (χ0v) is 18.5. The van der Waals surface area contributed by atoms with Crippen molar-refractivity contribution in [3.05, 3.63) is 56.6 Å². The molecule has 2 rings (SSSR count). The van der Waals surface area contributed by atoms with Crippen molar-refractivity contribution in [1.82, 2.24) is 4.83 Å². The second-order valence-electron chi connectivity index (χ2n) is 7.08. The maximum Gasteiger partial charge on any atom is 0.315 e. The summed E-state index contributed by atoms with van der Waals surface area (Å²) in [6.45, 7) is 8.78. The molecular weight excluding hydrogens is 410 g/mol. The lowest BCUT2D eigenvalue weighted by Gasteiger charge is -2.14. The highest BCUT2D eigenvalue weighted by Gasteiger charge is 2.23. The summed E-state index contributed by atoms with van der Waals surface area (Å²) in [4.78, 5) is 13.2. The van der Waals surface area contributed by atoms with Gasteiger partial charge in [-0.3, -0.25) is 10.1 Å². The molecule has 162 valence electrons. The second kappa shape index (κ2) is 9.12. The van der Waals surface area contributed by atoms with E-state index in [1.807, 2.05) is 6.92 Å². The minimum atomic E-state index is -3.91. The summed E-state index contributed by atoms with van der Waals surface area (Å²) >= 11 is 0. The first-order valence-electron chi connectivity index (χ1n) is 9.12. The fraction of sp³-hybridized carbons (Fsp3) is 0.350. The number of hydrazone groups is 1. The van der Waals surface area contributed by atoms with Gasteiger partial charge >= 0.3 is 5.69 Å². The predicted molar refractivity (Wildman–Crippen MR) is 114 cm³/mol. The number of nitro groups is 1. The van der Waals surface area contributed by atoms with Crippen LogP contribution < -0.4 is 14.3 Å². The molecule has 1 N–H and O–H groups in total. The predicted octanol–water partition coefficient (Wildman–Crippen LogP) is 3.63. The Morgan fingerprint density at radius 3 is 2.23 bits per heavy atom. The molecule has 30 heavy (non-hydrogen) atoms. The summed E-state index contributed by atoms with van der Waals surface area (Å²) in [6, 6.07) is 6.26. The highest BCUT2D eigenvalue weighted by Crippen LogP contribution is 2.38. The molecule has 0 radical (unpaired) electrons. The molecule has 0 fully saturated rings. The molecule has 0 aliphatic rings. The van der Waals surface area contributed by atoms with Crippen LogP contribution in [-0.2, 0) is 10.0 Å². The summed E-state index contributed by atoms with van der Waals surface area (Å²) in [5, 5.41) is 15.2. The molecule has 0 spiro atoms. The minimum absolute atomic E-state index is 0.00105. The molecule has 0 saturated heterocycles. The molecule has 0 aliphatic heterocycles. The van der Waals surface area contributed by atoms with Crippen molar-refractivity contribution in [1.29, 1.82) is 0 Å². The fourth-order valence-electron chi connectivity index (χ4n) is 3.13. The lowest BCUT2D eigenvalue weighted by atomic mass is 10.1. The first-order valence-corrected chi connectivity index (χ1v) is 10.6. The van der Waals surface area contributed by atoms with E-state index in [0.717, 1.165) is 5.56 Å². The lowest BCUT2D eigenvalue weighted by molar-refractivity contribution is -0.386. The Balaban J connectivity index is 2.38. The van der Waals surface area contributed by atoms with Crippen molar-refractivity contribution in [2.75, 3.05) is 7.11 Å². The normalized spacial score (nSPS) is 11.7. The van der Waals surface area contributed by atoms with E-state index in [1.54, 1.807) is 39.8 Å². The second-order valence-corrected chi connectivity index (χ2v) is 8.67. The number of nitrogens with one attached hydrogen (secondary N) is 1. The molecule has 0 atom stereocenters. The Bertz CT molecular complexity index is 1070. The van der Waals surface area contributed by atoms with Gasteiger partial charge in [0.2, 0.25) is 5.75 Å². The number of ether oxygens (including phenoxy) is 2. The Morgan fingerprint density at radius 1 is 1.13 bits per heavy atom. The van der Waals surface area contributed by atoms with Crippen LogP contribution in [0.3, 0.4) is 0 Å². The van der Waals surface area contributed by atoms with E-state index in [2.05, 4.69) is 9.93 Å². The van der Waals surface area contributed by atoms with Gasteiger partial charge in [-0.25, -0.2) is 4.83 Å². The SMILES string of the molecule is COc1cc(/C=N/NS(=O)(=O)c2c(C)cc(C)cc2C)cc([N+](=O)[O-])c1OC(C)C. The van der Waals surface area contributed by atoms with Crippen LogP contribution >= 0.6 is 0 Å². The molecule has 2 aromatic carbocycles. The number of hydrogen-bond donors (Lipinski definition) is 1. The summed E-state index contributed by atoms with van der Waals surface area (Å²) in [5.41, 5.74) is 2.12. The Hall–Kier alpha value is -3.14. The first-order chi connectivity index (χ1) is 14.0. The number of nitrogens with zero attached hydrogens (tertiary/aromatic N) is 2. The molecule has 0 aromatic heterocycles. The standard InChI is InChI=1S/C20H25N3O6S/c1-12(2)29-19-17(23(24)25)9-16(10-18(19)28-6)11-21-22-30(26,27)20-14(4)7-13(3)8-15(20)5/h7-12,22H,1-6H3/b21-11+. The summed E-state index contributed by atoms with van der Waals surface area (Å²) in [5.74, 6) is 0.147. The van der Waals surface area contributed by atoms with E-state index in [0.29, 0.717) is 11.1 Å². The van der Waals surface area contributed by atoms with Crippen molar-refractivity contribution < 1.29 is 22.8 Å². The van der Waals surface area contributed by atoms with Crippen molar-refractivity contribution in [3.8, 4) is 11.5 Å². The molecule has 0 aliphatic carbocycles. The van der Waals surface area contributed by atoms with Gasteiger partial charge in [-0.1, -0.05) is 17.7 Å². The Labute approximate surface area is 175 Å². The number of benzene rings is 2. The third-order valence-electron chi connectivity index (χ3n) is 4.09. The van der Waals surface area contributed by atoms with Gasteiger partial charge < -0.3 is 9.47 Å². The van der Waals surface area contributed by atoms with Crippen molar-refractivity contribution in [3.63, 3.8) is 0 Å². The van der Waals surface area contributed by atoms with Gasteiger partial charge in [-0.05, 0) is 51.8 Å². The van der Waals surface area contributed by atoms with Gasteiger partial charge in [-0.2, -0.15) is 13.5 Å². The molecule has 10 heteroatoms. The quantitative estimate of drug-likeness (QED) is 0.384. The maximum atomic E-state index is 12.7. The van der Waals surface area contributed by atoms with E-state index in [9.17, 15) is 18.5 Å². The summed E-state index contributed by atoms with van der Waals surface area (Å²) in [7, 11) is -2.55. The van der Waals surface area contributed by atoms with Crippen molar-refractivity contribution >= 4 is 21.9 Å². The number of rotatable bonds is 8. The average Bonchev–Trinajstić information content (AvgIpc) is 2.60. The minimum Gasteiger partial charge on any atom is -0.493 e. The van der Waals surface area contributed by atoms with Crippen LogP contribution in [0.5, 0.6) is 11.5 Å². The highest BCUT2D eigenvalue weighted by molar-refractivity contribution is 7.89. The Kier molecular flexibility index (Phi) is 7.04. The third-order valence-corrected chi connectivity index (χ3v) is 5.61. The summed E-state index contributed by atoms with van der Waals surface area (Å²) < 4.78 is 36.1. The third kappa shape index (κ3) is 5.26. The smallest absolute Gasteiger partial charge is 0.315 e. The van der Waals surface area contributed by atoms with Crippen LogP contribution in [-0.4, -0.2) is 32.8 Å². The average molecular weight is 436 g/mol. The molecule has 0 heterocycles. The number of aryl methyl sites for hydroxylation is 3.